The molecule has 1 aromatic carbocycles. The van der Waals surface area contributed by atoms with E-state index in [1.165, 1.54) is 25.5 Å². The lowest BCUT2D eigenvalue weighted by Crippen LogP contribution is -2.55. The quantitative estimate of drug-likeness (QED) is 0.477. The van der Waals surface area contributed by atoms with Crippen LogP contribution >= 0.6 is 0 Å². The highest BCUT2D eigenvalue weighted by Crippen LogP contribution is 2.39. The van der Waals surface area contributed by atoms with Crippen LogP contribution in [0.2, 0.25) is 0 Å². The van der Waals surface area contributed by atoms with Crippen molar-refractivity contribution in [1.29, 1.82) is 0 Å². The topological polar surface area (TPSA) is 95.1 Å². The second kappa shape index (κ2) is 14.2. The molecule has 0 spiro atoms. The summed E-state index contributed by atoms with van der Waals surface area (Å²) in [5.74, 6) is 0.0921. The number of hydrogen-bond acceptors (Lipinski definition) is 6. The minimum Gasteiger partial charge on any atom is -0.444 e. The molecule has 1 aromatic rings. The Balaban J connectivity index is 0.000000509. The van der Waals surface area contributed by atoms with E-state index in [1.54, 1.807) is 27.7 Å². The Morgan fingerprint density at radius 3 is 1.97 bits per heavy atom. The molecule has 2 unspecified atom stereocenters. The summed E-state index contributed by atoms with van der Waals surface area (Å²) in [5.41, 5.74) is -0.111. The molecule has 210 valence electrons. The third kappa shape index (κ3) is 11.0. The molecule has 2 aliphatic rings. The summed E-state index contributed by atoms with van der Waals surface area (Å²) >= 11 is 0. The first-order chi connectivity index (χ1) is 17.1. The molecule has 1 saturated heterocycles. The highest BCUT2D eigenvalue weighted by molar-refractivity contribution is 6.47. The van der Waals surface area contributed by atoms with Gasteiger partial charge < -0.3 is 29.4 Å². The number of carbonyl (C=O) groups excluding carboxylic acids is 2. The highest BCUT2D eigenvalue weighted by Gasteiger charge is 2.53. The van der Waals surface area contributed by atoms with Gasteiger partial charge in [-0.25, -0.2) is 4.79 Å². The van der Waals surface area contributed by atoms with E-state index in [0.29, 0.717) is 0 Å². The minimum absolute atomic E-state index is 0.0150. The van der Waals surface area contributed by atoms with Gasteiger partial charge in [-0.2, -0.15) is 0 Å². The SMILES string of the molecule is CC.COCC(NC(=O)OC(C)(C)C)C(=O)NC(C)B1OC(C)(C)C(C)(C)O1.c1ccc(C2CC2)cc1. The summed E-state index contributed by atoms with van der Waals surface area (Å²) in [7, 11) is 0.864. The Morgan fingerprint density at radius 1 is 1.03 bits per heavy atom. The molecular weight excluding hydrogens is 471 g/mol. The summed E-state index contributed by atoms with van der Waals surface area (Å²) in [6.07, 6.45) is 2.13. The number of ether oxygens (including phenoxy) is 2. The molecule has 1 aliphatic carbocycles. The van der Waals surface area contributed by atoms with Gasteiger partial charge in [-0.3, -0.25) is 4.79 Å². The Labute approximate surface area is 224 Å². The summed E-state index contributed by atoms with van der Waals surface area (Å²) in [5, 5.41) is 5.33. The fourth-order valence-electron chi connectivity index (χ4n) is 3.43. The lowest BCUT2D eigenvalue weighted by molar-refractivity contribution is -0.124. The molecule has 37 heavy (non-hydrogen) atoms. The van der Waals surface area contributed by atoms with E-state index >= 15 is 0 Å². The van der Waals surface area contributed by atoms with E-state index < -0.39 is 47.9 Å². The monoisotopic (exact) mass is 520 g/mol. The molecule has 2 amide bonds. The van der Waals surface area contributed by atoms with Crippen molar-refractivity contribution in [2.24, 2.45) is 0 Å². The normalized spacial score (nSPS) is 19.3. The zero-order valence-corrected chi connectivity index (χ0v) is 24.8. The summed E-state index contributed by atoms with van der Waals surface area (Å²) in [6.45, 7) is 18.8. The van der Waals surface area contributed by atoms with Crippen molar-refractivity contribution < 1.29 is 28.4 Å². The van der Waals surface area contributed by atoms with Gasteiger partial charge in [0.25, 0.3) is 0 Å². The molecule has 2 atom stereocenters. The van der Waals surface area contributed by atoms with E-state index in [4.69, 9.17) is 18.8 Å². The average Bonchev–Trinajstić information content (AvgIpc) is 3.61. The van der Waals surface area contributed by atoms with Crippen LogP contribution in [0.4, 0.5) is 4.79 Å². The van der Waals surface area contributed by atoms with E-state index in [0.717, 1.165) is 5.92 Å². The van der Waals surface area contributed by atoms with Gasteiger partial charge in [-0.05, 0) is 79.7 Å². The van der Waals surface area contributed by atoms with Crippen LogP contribution < -0.4 is 10.6 Å². The molecule has 3 rings (SSSR count). The van der Waals surface area contributed by atoms with Crippen LogP contribution in [0, 0.1) is 0 Å². The first-order valence-corrected chi connectivity index (χ1v) is 13.3. The molecule has 2 fully saturated rings. The van der Waals surface area contributed by atoms with Gasteiger partial charge in [0.05, 0.1) is 23.8 Å². The number of alkyl carbamates (subject to hydrolysis) is 1. The molecule has 1 heterocycles. The van der Waals surface area contributed by atoms with Gasteiger partial charge in [0.1, 0.15) is 11.6 Å². The summed E-state index contributed by atoms with van der Waals surface area (Å²) in [6, 6.07) is 9.86. The van der Waals surface area contributed by atoms with Crippen molar-refractivity contribution in [2.75, 3.05) is 13.7 Å². The lowest BCUT2D eigenvalue weighted by atomic mass is 9.79. The molecule has 1 saturated carbocycles. The maximum absolute atomic E-state index is 12.6. The van der Waals surface area contributed by atoms with Crippen LogP contribution in [0.15, 0.2) is 30.3 Å². The number of carbonyl (C=O) groups is 2. The molecule has 1 aliphatic heterocycles. The van der Waals surface area contributed by atoms with Crippen molar-refractivity contribution in [2.45, 2.75) is 117 Å². The molecule has 0 aromatic heterocycles. The molecule has 2 N–H and O–H groups in total. The number of benzene rings is 1. The average molecular weight is 521 g/mol. The smallest absolute Gasteiger partial charge is 0.444 e. The van der Waals surface area contributed by atoms with E-state index in [2.05, 4.69) is 41.0 Å². The van der Waals surface area contributed by atoms with Crippen molar-refractivity contribution in [1.82, 2.24) is 10.6 Å². The lowest BCUT2D eigenvalue weighted by Gasteiger charge is -2.32. The minimum atomic E-state index is -0.889. The number of amides is 2. The van der Waals surface area contributed by atoms with Gasteiger partial charge >= 0.3 is 13.2 Å². The van der Waals surface area contributed by atoms with Gasteiger partial charge in [-0.15, -0.1) is 0 Å². The zero-order valence-electron chi connectivity index (χ0n) is 24.8. The standard InChI is InChI=1S/C17H33BN2O6.C9H10.C2H6/c1-11(18-25-16(5,6)17(7,8)26-18)19-13(21)12(10-23-9)20-14(22)24-15(2,3)4;1-2-4-8(5-3-1)9-6-7-9;1-2/h11-12H,10H2,1-9H3,(H,19,21)(H,20,22);1-5,9H,6-7H2;1-2H3. The highest BCUT2D eigenvalue weighted by atomic mass is 16.7. The van der Waals surface area contributed by atoms with Crippen LogP contribution in [0.3, 0.4) is 0 Å². The first kappa shape index (κ1) is 32.9. The van der Waals surface area contributed by atoms with E-state index in [-0.39, 0.29) is 6.61 Å². The fraction of sp³-hybridized carbons (Fsp3) is 0.714. The molecule has 0 radical (unpaired) electrons. The molecular formula is C28H49BN2O6. The van der Waals surface area contributed by atoms with Gasteiger partial charge in [0.15, 0.2) is 0 Å². The summed E-state index contributed by atoms with van der Waals surface area (Å²) in [4.78, 5) is 24.5. The van der Waals surface area contributed by atoms with E-state index in [1.807, 2.05) is 41.5 Å². The zero-order chi connectivity index (χ0) is 28.4. The molecule has 0 bridgehead atoms. The van der Waals surface area contributed by atoms with Crippen molar-refractivity contribution in [3.05, 3.63) is 35.9 Å². The maximum Gasteiger partial charge on any atom is 0.481 e. The third-order valence-electron chi connectivity index (χ3n) is 6.24. The van der Waals surface area contributed by atoms with Crippen molar-refractivity contribution >= 4 is 19.1 Å². The Hall–Kier alpha value is -2.10. The number of methoxy groups -OCH3 is 1. The first-order valence-electron chi connectivity index (χ1n) is 13.3. The fourth-order valence-corrected chi connectivity index (χ4v) is 3.43. The van der Waals surface area contributed by atoms with Gasteiger partial charge in [-0.1, -0.05) is 44.2 Å². The largest absolute Gasteiger partial charge is 0.481 e. The predicted octanol–water partition coefficient (Wildman–Crippen LogP) is 5.25. The van der Waals surface area contributed by atoms with Crippen molar-refractivity contribution in [3.63, 3.8) is 0 Å². The molecule has 9 heteroatoms. The van der Waals surface area contributed by atoms with Crippen LogP contribution in [-0.4, -0.2) is 61.6 Å². The second-order valence-electron chi connectivity index (χ2n) is 11.3. The van der Waals surface area contributed by atoms with Crippen LogP contribution in [0.5, 0.6) is 0 Å². The van der Waals surface area contributed by atoms with Gasteiger partial charge in [0.2, 0.25) is 5.91 Å². The maximum atomic E-state index is 12.6. The Bertz CT molecular complexity index is 821. The molecule has 8 nitrogen and oxygen atoms in total. The number of nitrogens with one attached hydrogen (secondary N) is 2. The number of hydrogen-bond donors (Lipinski definition) is 2. The van der Waals surface area contributed by atoms with Crippen LogP contribution in [-0.2, 0) is 23.6 Å². The third-order valence-corrected chi connectivity index (χ3v) is 6.24. The Kier molecular flexibility index (Phi) is 12.6. The van der Waals surface area contributed by atoms with Gasteiger partial charge in [0, 0.05) is 7.11 Å². The van der Waals surface area contributed by atoms with Crippen LogP contribution in [0.1, 0.15) is 93.6 Å². The van der Waals surface area contributed by atoms with Crippen LogP contribution in [0.25, 0.3) is 0 Å². The summed E-state index contributed by atoms with van der Waals surface area (Å²) < 4.78 is 22.1. The van der Waals surface area contributed by atoms with Crippen molar-refractivity contribution in [3.8, 4) is 0 Å². The predicted molar refractivity (Wildman–Crippen MR) is 148 cm³/mol. The second-order valence-corrected chi connectivity index (χ2v) is 11.3. The van der Waals surface area contributed by atoms with E-state index in [9.17, 15) is 9.59 Å². The Morgan fingerprint density at radius 2 is 1.54 bits per heavy atom. The number of rotatable bonds is 7.